The lowest BCUT2D eigenvalue weighted by Gasteiger charge is -2.29. The van der Waals surface area contributed by atoms with Gasteiger partial charge in [0.1, 0.15) is 5.56 Å². The average Bonchev–Trinajstić information content (AvgIpc) is 2.86. The van der Waals surface area contributed by atoms with Crippen LogP contribution in [0.5, 0.6) is 5.88 Å². The molecule has 176 valence electrons. The summed E-state index contributed by atoms with van der Waals surface area (Å²) in [5, 5.41) is 7.36. The van der Waals surface area contributed by atoms with Gasteiger partial charge in [-0.25, -0.2) is 4.98 Å². The van der Waals surface area contributed by atoms with E-state index in [-0.39, 0.29) is 24.1 Å². The van der Waals surface area contributed by atoms with Gasteiger partial charge < -0.3 is 15.4 Å². The Kier molecular flexibility index (Phi) is 6.59. The second kappa shape index (κ2) is 9.78. The molecule has 0 bridgehead atoms. The molecular weight excluding hydrogens is 473 g/mol. The van der Waals surface area contributed by atoms with Gasteiger partial charge in [-0.05, 0) is 67.6 Å². The van der Waals surface area contributed by atoms with Crippen LogP contribution in [0.1, 0.15) is 41.6 Å². The van der Waals surface area contributed by atoms with Gasteiger partial charge in [0.25, 0.3) is 5.91 Å². The second-order valence-electron chi connectivity index (χ2n) is 8.61. The van der Waals surface area contributed by atoms with E-state index in [1.54, 1.807) is 18.2 Å². The quantitative estimate of drug-likeness (QED) is 0.475. The lowest BCUT2D eigenvalue weighted by atomic mass is 9.82. The zero-order valence-electron chi connectivity index (χ0n) is 18.7. The summed E-state index contributed by atoms with van der Waals surface area (Å²) in [7, 11) is 0. The Morgan fingerprint density at radius 2 is 1.82 bits per heavy atom. The lowest BCUT2D eigenvalue weighted by Crippen LogP contribution is -2.39. The molecule has 1 fully saturated rings. The second-order valence-corrected chi connectivity index (χ2v) is 9.43. The predicted molar refractivity (Wildman–Crippen MR) is 135 cm³/mol. The van der Waals surface area contributed by atoms with Crippen LogP contribution in [0.4, 0.5) is 17.3 Å². The largest absolute Gasteiger partial charge is 0.455 e. The number of hydrogen-bond acceptors (Lipinski definition) is 6. The molecule has 2 aromatic carbocycles. The van der Waals surface area contributed by atoms with Gasteiger partial charge in [0.05, 0.1) is 15.7 Å². The first-order valence-corrected chi connectivity index (χ1v) is 12.1. The number of nitrogens with one attached hydrogen (secondary N) is 2. The number of hydrogen-bond donors (Lipinski definition) is 2. The number of amides is 1. The van der Waals surface area contributed by atoms with Crippen LogP contribution in [0.2, 0.25) is 10.0 Å². The Balaban J connectivity index is 1.29. The maximum Gasteiger partial charge on any atom is 0.268 e. The fourth-order valence-corrected chi connectivity index (χ4v) is 5.14. The number of piperidine rings is 1. The zero-order chi connectivity index (χ0) is 23.7. The summed E-state index contributed by atoms with van der Waals surface area (Å²) < 4.78 is 5.76. The number of aromatic nitrogens is 2. The van der Waals surface area contributed by atoms with Gasteiger partial charge in [-0.3, -0.25) is 9.69 Å². The number of ether oxygens (including phenoxy) is 1. The SMILES string of the molecule is CC(c1ccc(Nc2ncc3c(n2)OCN(c2c(Cl)cccc2Cl)C3=O)cc1)C1CCNCC1. The van der Waals surface area contributed by atoms with Crippen molar-refractivity contribution in [3.63, 3.8) is 0 Å². The van der Waals surface area contributed by atoms with Gasteiger partial charge in [-0.15, -0.1) is 0 Å². The first kappa shape index (κ1) is 22.9. The molecule has 1 atom stereocenters. The van der Waals surface area contributed by atoms with Crippen molar-refractivity contribution < 1.29 is 9.53 Å². The van der Waals surface area contributed by atoms with Crippen LogP contribution >= 0.6 is 23.2 Å². The van der Waals surface area contributed by atoms with E-state index in [0.29, 0.717) is 33.5 Å². The minimum absolute atomic E-state index is 0.0466. The van der Waals surface area contributed by atoms with Gasteiger partial charge >= 0.3 is 0 Å². The lowest BCUT2D eigenvalue weighted by molar-refractivity contribution is 0.0932. The van der Waals surface area contributed by atoms with E-state index in [9.17, 15) is 4.79 Å². The first-order valence-electron chi connectivity index (χ1n) is 11.3. The Labute approximate surface area is 208 Å². The van der Waals surface area contributed by atoms with Gasteiger partial charge in [0.2, 0.25) is 11.8 Å². The molecule has 2 N–H and O–H groups in total. The van der Waals surface area contributed by atoms with Gasteiger partial charge in [-0.2, -0.15) is 4.98 Å². The fourth-order valence-electron chi connectivity index (χ4n) is 4.54. The molecule has 5 rings (SSSR count). The Morgan fingerprint density at radius 1 is 1.12 bits per heavy atom. The summed E-state index contributed by atoms with van der Waals surface area (Å²) in [6.45, 7) is 4.45. The van der Waals surface area contributed by atoms with Crippen molar-refractivity contribution in [3.8, 4) is 5.88 Å². The summed E-state index contributed by atoms with van der Waals surface area (Å²) >= 11 is 12.5. The number of para-hydroxylation sites is 1. The van der Waals surface area contributed by atoms with Crippen molar-refractivity contribution in [2.24, 2.45) is 5.92 Å². The number of benzene rings is 2. The van der Waals surface area contributed by atoms with E-state index in [1.165, 1.54) is 29.5 Å². The molecule has 34 heavy (non-hydrogen) atoms. The molecular formula is C25H25Cl2N5O2. The first-order chi connectivity index (χ1) is 16.5. The van der Waals surface area contributed by atoms with Crippen LogP contribution in [-0.2, 0) is 0 Å². The smallest absolute Gasteiger partial charge is 0.268 e. The molecule has 0 radical (unpaired) electrons. The highest BCUT2D eigenvalue weighted by Crippen LogP contribution is 2.37. The van der Waals surface area contributed by atoms with Crippen LogP contribution in [0.15, 0.2) is 48.7 Å². The molecule has 0 saturated carbocycles. The molecule has 9 heteroatoms. The van der Waals surface area contributed by atoms with Gasteiger partial charge in [-0.1, -0.05) is 48.3 Å². The van der Waals surface area contributed by atoms with Crippen LogP contribution in [0.25, 0.3) is 0 Å². The van der Waals surface area contributed by atoms with Crippen molar-refractivity contribution in [2.45, 2.75) is 25.7 Å². The summed E-state index contributed by atoms with van der Waals surface area (Å²) in [5.41, 5.74) is 2.85. The van der Waals surface area contributed by atoms with Crippen molar-refractivity contribution in [1.82, 2.24) is 15.3 Å². The predicted octanol–water partition coefficient (Wildman–Crippen LogP) is 5.63. The molecule has 3 heterocycles. The standard InChI is InChI=1S/C25H25Cl2N5O2/c1-15(17-9-11-28-12-10-17)16-5-7-18(8-6-16)30-25-29-13-19-23(31-25)34-14-32(24(19)33)22-20(26)3-2-4-21(22)27/h2-8,13,15,17,28H,9-12,14H2,1H3,(H,29,30,31). The van der Waals surface area contributed by atoms with Crippen LogP contribution in [-0.4, -0.2) is 35.7 Å². The van der Waals surface area contributed by atoms with Crippen LogP contribution < -0.4 is 20.3 Å². The van der Waals surface area contributed by atoms with Crippen molar-refractivity contribution in [3.05, 3.63) is 69.8 Å². The number of anilines is 3. The third-order valence-corrected chi connectivity index (χ3v) is 7.16. The molecule has 1 aromatic heterocycles. The summed E-state index contributed by atoms with van der Waals surface area (Å²) in [6.07, 6.45) is 3.88. The van der Waals surface area contributed by atoms with Crippen molar-refractivity contribution >= 4 is 46.4 Å². The Morgan fingerprint density at radius 3 is 2.53 bits per heavy atom. The topological polar surface area (TPSA) is 79.4 Å². The third-order valence-electron chi connectivity index (χ3n) is 6.55. The number of fused-ring (bicyclic) bond motifs is 1. The molecule has 1 amide bonds. The maximum absolute atomic E-state index is 13.0. The Bertz CT molecular complexity index is 1180. The Hall–Kier alpha value is -2.87. The summed E-state index contributed by atoms with van der Waals surface area (Å²) in [6, 6.07) is 13.4. The molecule has 7 nitrogen and oxygen atoms in total. The number of carbonyl (C=O) groups excluding carboxylic acids is 1. The summed E-state index contributed by atoms with van der Waals surface area (Å²) in [5.74, 6) is 1.48. The zero-order valence-corrected chi connectivity index (χ0v) is 20.2. The van der Waals surface area contributed by atoms with E-state index >= 15 is 0 Å². The van der Waals surface area contributed by atoms with Crippen LogP contribution in [0.3, 0.4) is 0 Å². The van der Waals surface area contributed by atoms with Gasteiger partial charge in [0.15, 0.2) is 6.73 Å². The van der Waals surface area contributed by atoms with E-state index in [0.717, 1.165) is 18.8 Å². The minimum atomic E-state index is -0.320. The highest BCUT2D eigenvalue weighted by molar-refractivity contribution is 6.40. The average molecular weight is 498 g/mol. The number of nitrogens with zero attached hydrogens (tertiary/aromatic N) is 3. The molecule has 0 spiro atoms. The molecule has 0 aliphatic carbocycles. The summed E-state index contributed by atoms with van der Waals surface area (Å²) in [4.78, 5) is 23.1. The fraction of sp³-hybridized carbons (Fsp3) is 0.320. The highest BCUT2D eigenvalue weighted by atomic mass is 35.5. The molecule has 1 saturated heterocycles. The molecule has 3 aromatic rings. The van der Waals surface area contributed by atoms with Crippen molar-refractivity contribution in [2.75, 3.05) is 30.0 Å². The molecule has 2 aliphatic rings. The third kappa shape index (κ3) is 4.56. The minimum Gasteiger partial charge on any atom is -0.455 e. The van der Waals surface area contributed by atoms with Gasteiger partial charge in [0, 0.05) is 11.9 Å². The number of halogens is 2. The van der Waals surface area contributed by atoms with E-state index < -0.39 is 0 Å². The van der Waals surface area contributed by atoms with E-state index in [4.69, 9.17) is 27.9 Å². The monoisotopic (exact) mass is 497 g/mol. The number of carbonyl (C=O) groups is 1. The van der Waals surface area contributed by atoms with E-state index in [1.807, 2.05) is 12.1 Å². The number of rotatable bonds is 5. The van der Waals surface area contributed by atoms with Crippen molar-refractivity contribution in [1.29, 1.82) is 0 Å². The van der Waals surface area contributed by atoms with E-state index in [2.05, 4.69) is 39.7 Å². The van der Waals surface area contributed by atoms with Crippen LogP contribution in [0, 0.1) is 5.92 Å². The highest BCUT2D eigenvalue weighted by Gasteiger charge is 2.31. The molecule has 2 aliphatic heterocycles. The maximum atomic E-state index is 13.0. The normalized spacial score (nSPS) is 17.1. The molecule has 1 unspecified atom stereocenters.